The van der Waals surface area contributed by atoms with Gasteiger partial charge in [-0.1, -0.05) is 16.7 Å². The Kier molecular flexibility index (Phi) is 6.83. The summed E-state index contributed by atoms with van der Waals surface area (Å²) in [6, 6.07) is 3.42. The highest BCUT2D eigenvalue weighted by Gasteiger charge is 2.24. The highest BCUT2D eigenvalue weighted by Crippen LogP contribution is 2.34. The summed E-state index contributed by atoms with van der Waals surface area (Å²) in [5, 5.41) is 21.5. The van der Waals surface area contributed by atoms with Crippen molar-refractivity contribution in [1.29, 1.82) is 0 Å². The summed E-state index contributed by atoms with van der Waals surface area (Å²) < 4.78 is 11.2. The number of hydrogen-bond acceptors (Lipinski definition) is 9. The summed E-state index contributed by atoms with van der Waals surface area (Å²) >= 11 is 7.22. The van der Waals surface area contributed by atoms with E-state index in [1.807, 2.05) is 6.92 Å². The Hall–Kier alpha value is -2.82. The topological polar surface area (TPSA) is 119 Å². The maximum atomic E-state index is 13.1. The molecule has 168 valence electrons. The molecule has 0 aromatic carbocycles. The van der Waals surface area contributed by atoms with Crippen molar-refractivity contribution >= 4 is 34.0 Å². The van der Waals surface area contributed by atoms with Gasteiger partial charge in [-0.15, -0.1) is 5.10 Å². The van der Waals surface area contributed by atoms with Crippen molar-refractivity contribution in [2.24, 2.45) is 0 Å². The monoisotopic (exact) mass is 475 g/mol. The first-order chi connectivity index (χ1) is 15.4. The number of hydrogen-bond donors (Lipinski definition) is 2. The first kappa shape index (κ1) is 22.4. The molecule has 1 aliphatic rings. The van der Waals surface area contributed by atoms with Crippen molar-refractivity contribution in [1.82, 2.24) is 20.2 Å². The number of nitrogens with zero attached hydrogens (tertiary/aromatic N) is 4. The van der Waals surface area contributed by atoms with Gasteiger partial charge in [-0.25, -0.2) is 4.98 Å². The zero-order chi connectivity index (χ0) is 22.7. The third kappa shape index (κ3) is 5.14. The molecule has 3 aromatic rings. The number of aliphatic hydroxyl groups excluding tert-OH is 1. The maximum Gasteiger partial charge on any atom is 0.296 e. The second-order valence-electron chi connectivity index (χ2n) is 7.47. The Morgan fingerprint density at radius 3 is 2.84 bits per heavy atom. The first-order valence-corrected chi connectivity index (χ1v) is 11.3. The minimum absolute atomic E-state index is 0.105. The molecule has 1 aliphatic carbocycles. The first-order valence-electron chi connectivity index (χ1n) is 10.1. The van der Waals surface area contributed by atoms with E-state index in [9.17, 15) is 9.90 Å². The van der Waals surface area contributed by atoms with Gasteiger partial charge in [-0.3, -0.25) is 15.1 Å². The highest BCUT2D eigenvalue weighted by molar-refractivity contribution is 7.17. The second-order valence-corrected chi connectivity index (χ2v) is 8.79. The van der Waals surface area contributed by atoms with Gasteiger partial charge >= 0.3 is 0 Å². The normalized spacial score (nSPS) is 18.2. The molecule has 0 aliphatic heterocycles. The molecule has 3 aromatic heterocycles. The molecule has 0 bridgehead atoms. The lowest BCUT2D eigenvalue weighted by Gasteiger charge is -2.25. The number of methoxy groups -OCH3 is 1. The lowest BCUT2D eigenvalue weighted by molar-refractivity contribution is 0.0531. The summed E-state index contributed by atoms with van der Waals surface area (Å²) in [5.41, 5.74) is 2.28. The van der Waals surface area contributed by atoms with E-state index in [0.29, 0.717) is 39.2 Å². The van der Waals surface area contributed by atoms with E-state index in [1.54, 1.807) is 12.1 Å². The third-order valence-electron chi connectivity index (χ3n) is 5.12. The minimum atomic E-state index is -0.404. The molecule has 1 saturated carbocycles. The molecule has 3 heterocycles. The largest absolute Gasteiger partial charge is 0.494 e. The Morgan fingerprint density at radius 1 is 1.22 bits per heavy atom. The van der Waals surface area contributed by atoms with Crippen LogP contribution >= 0.6 is 22.9 Å². The molecule has 2 atom stereocenters. The van der Waals surface area contributed by atoms with Crippen molar-refractivity contribution in [3.8, 4) is 22.1 Å². The fourth-order valence-electron chi connectivity index (χ4n) is 3.60. The molecule has 1 amide bonds. The van der Waals surface area contributed by atoms with Gasteiger partial charge in [-0.05, 0) is 49.7 Å². The number of aliphatic hydroxyl groups is 1. The zero-order valence-electron chi connectivity index (χ0n) is 17.5. The van der Waals surface area contributed by atoms with Crippen LogP contribution in [-0.4, -0.2) is 50.5 Å². The van der Waals surface area contributed by atoms with E-state index >= 15 is 0 Å². The Bertz CT molecular complexity index is 1130. The predicted molar refractivity (Wildman–Crippen MR) is 121 cm³/mol. The fraction of sp³-hybridized carbons (Fsp3) is 0.381. The van der Waals surface area contributed by atoms with Crippen LogP contribution in [0.15, 0.2) is 24.5 Å². The lowest BCUT2D eigenvalue weighted by atomic mass is 9.95. The number of carbonyl (C=O) groups excluding carboxylic acids is 1. The number of amides is 1. The Morgan fingerprint density at radius 2 is 2.06 bits per heavy atom. The SMILES string of the molecule is COc1cnc(Cl)cc1-c1cc(C)ncc1C(=O)Nc1nnc(O[C@H]2CCC[C@H](O)C2)s1. The van der Waals surface area contributed by atoms with Gasteiger partial charge in [0.05, 0.1) is 25.0 Å². The third-order valence-corrected chi connectivity index (χ3v) is 6.06. The molecule has 0 spiro atoms. The van der Waals surface area contributed by atoms with Crippen LogP contribution in [0, 0.1) is 6.92 Å². The van der Waals surface area contributed by atoms with Crippen molar-refractivity contribution in [3.63, 3.8) is 0 Å². The van der Waals surface area contributed by atoms with Crippen molar-refractivity contribution in [2.45, 2.75) is 44.8 Å². The molecular weight excluding hydrogens is 454 g/mol. The van der Waals surface area contributed by atoms with Crippen LogP contribution in [0.2, 0.25) is 5.15 Å². The van der Waals surface area contributed by atoms with Gasteiger partial charge in [0.1, 0.15) is 17.0 Å². The number of aromatic nitrogens is 4. The minimum Gasteiger partial charge on any atom is -0.494 e. The van der Waals surface area contributed by atoms with Crippen LogP contribution in [0.3, 0.4) is 0 Å². The molecule has 0 radical (unpaired) electrons. The standard InChI is InChI=1S/C21H22ClN5O4S/c1-11-6-14(15-8-18(22)24-10-17(15)30-2)16(9-23-11)19(29)25-20-26-27-21(32-20)31-13-5-3-4-12(28)7-13/h6,8-10,12-13,28H,3-5,7H2,1-2H3,(H,25,26,29)/t12-,13-/m0/s1. The van der Waals surface area contributed by atoms with E-state index in [0.717, 1.165) is 36.3 Å². The molecule has 0 saturated heterocycles. The van der Waals surface area contributed by atoms with Crippen LogP contribution in [0.25, 0.3) is 11.1 Å². The molecule has 2 N–H and O–H groups in total. The maximum absolute atomic E-state index is 13.1. The molecule has 11 heteroatoms. The van der Waals surface area contributed by atoms with Gasteiger partial charge in [0, 0.05) is 29.4 Å². The number of nitrogens with one attached hydrogen (secondary N) is 1. The molecular formula is C21H22ClN5O4S. The molecule has 0 unspecified atom stereocenters. The predicted octanol–water partition coefficient (Wildman–Crippen LogP) is 3.90. The number of rotatable bonds is 6. The highest BCUT2D eigenvalue weighted by atomic mass is 35.5. The Labute approximate surface area is 193 Å². The van der Waals surface area contributed by atoms with Gasteiger partial charge in [0.2, 0.25) is 5.13 Å². The van der Waals surface area contributed by atoms with E-state index in [1.165, 1.54) is 19.5 Å². The quantitative estimate of drug-likeness (QED) is 0.515. The number of aryl methyl sites for hydroxylation is 1. The van der Waals surface area contributed by atoms with Crippen LogP contribution < -0.4 is 14.8 Å². The number of ether oxygens (including phenoxy) is 2. The summed E-state index contributed by atoms with van der Waals surface area (Å²) in [4.78, 5) is 21.4. The van der Waals surface area contributed by atoms with Crippen LogP contribution in [0.4, 0.5) is 5.13 Å². The number of anilines is 1. The summed E-state index contributed by atoms with van der Waals surface area (Å²) in [6.07, 6.45) is 5.65. The second kappa shape index (κ2) is 9.76. The fourth-order valence-corrected chi connectivity index (χ4v) is 4.41. The van der Waals surface area contributed by atoms with E-state index < -0.39 is 5.91 Å². The summed E-state index contributed by atoms with van der Waals surface area (Å²) in [7, 11) is 1.52. The van der Waals surface area contributed by atoms with E-state index in [4.69, 9.17) is 21.1 Å². The average Bonchev–Trinajstić information content (AvgIpc) is 3.20. The van der Waals surface area contributed by atoms with Gasteiger partial charge < -0.3 is 14.6 Å². The van der Waals surface area contributed by atoms with Gasteiger partial charge in [0.15, 0.2) is 0 Å². The average molecular weight is 476 g/mol. The smallest absolute Gasteiger partial charge is 0.296 e. The van der Waals surface area contributed by atoms with Gasteiger partial charge in [-0.2, -0.15) is 0 Å². The lowest BCUT2D eigenvalue weighted by Crippen LogP contribution is -2.28. The molecule has 32 heavy (non-hydrogen) atoms. The number of carbonyl (C=O) groups is 1. The van der Waals surface area contributed by atoms with E-state index in [-0.39, 0.29) is 17.4 Å². The van der Waals surface area contributed by atoms with E-state index in [2.05, 4.69) is 25.5 Å². The number of pyridine rings is 2. The van der Waals surface area contributed by atoms with Crippen molar-refractivity contribution in [3.05, 3.63) is 40.9 Å². The molecule has 4 rings (SSSR count). The summed E-state index contributed by atoms with van der Waals surface area (Å²) in [5.74, 6) is 0.0774. The van der Waals surface area contributed by atoms with Crippen LogP contribution in [0.5, 0.6) is 10.9 Å². The van der Waals surface area contributed by atoms with Crippen molar-refractivity contribution < 1.29 is 19.4 Å². The van der Waals surface area contributed by atoms with Crippen molar-refractivity contribution in [2.75, 3.05) is 12.4 Å². The van der Waals surface area contributed by atoms with Crippen LogP contribution in [0.1, 0.15) is 41.7 Å². The summed E-state index contributed by atoms with van der Waals surface area (Å²) in [6.45, 7) is 1.83. The zero-order valence-corrected chi connectivity index (χ0v) is 19.1. The molecule has 1 fully saturated rings. The molecule has 9 nitrogen and oxygen atoms in total. The Balaban J connectivity index is 1.55. The van der Waals surface area contributed by atoms with Crippen LogP contribution in [-0.2, 0) is 0 Å². The van der Waals surface area contributed by atoms with Gasteiger partial charge in [0.25, 0.3) is 11.1 Å². The number of halogens is 1.